The molecule has 3 nitrogen and oxygen atoms in total. The Labute approximate surface area is 158 Å². The third-order valence-corrected chi connectivity index (χ3v) is 5.84. The van der Waals surface area contributed by atoms with E-state index in [0.717, 1.165) is 37.6 Å². The lowest BCUT2D eigenvalue weighted by Gasteiger charge is -2.35. The van der Waals surface area contributed by atoms with Crippen LogP contribution in [-0.2, 0) is 11.3 Å². The van der Waals surface area contributed by atoms with Gasteiger partial charge in [-0.2, -0.15) is 0 Å². The zero-order chi connectivity index (χ0) is 17.3. The Bertz CT molecular complexity index is 496. The van der Waals surface area contributed by atoms with Crippen LogP contribution in [0.2, 0.25) is 5.02 Å². The molecule has 0 aromatic heterocycles. The average molecular weight is 365 g/mol. The van der Waals surface area contributed by atoms with E-state index < -0.39 is 0 Å². The van der Waals surface area contributed by atoms with Crippen molar-refractivity contribution in [3.05, 3.63) is 34.9 Å². The van der Waals surface area contributed by atoms with Gasteiger partial charge in [0.15, 0.2) is 0 Å². The van der Waals surface area contributed by atoms with E-state index in [1.54, 1.807) is 0 Å². The second-order valence-corrected chi connectivity index (χ2v) is 7.99. The lowest BCUT2D eigenvalue weighted by Crippen LogP contribution is -2.40. The molecule has 0 unspecified atom stereocenters. The van der Waals surface area contributed by atoms with Crippen LogP contribution in [0.5, 0.6) is 0 Å². The minimum absolute atomic E-state index is 0.650. The highest BCUT2D eigenvalue weighted by molar-refractivity contribution is 6.30. The van der Waals surface area contributed by atoms with Gasteiger partial charge in [0.1, 0.15) is 0 Å². The number of nitrogens with zero attached hydrogens (tertiary/aromatic N) is 2. The average Bonchev–Trinajstić information content (AvgIpc) is 2.91. The van der Waals surface area contributed by atoms with Gasteiger partial charge >= 0.3 is 0 Å². The molecule has 2 aliphatic rings. The van der Waals surface area contributed by atoms with Crippen LogP contribution in [-0.4, -0.2) is 55.2 Å². The van der Waals surface area contributed by atoms with E-state index in [2.05, 4.69) is 28.0 Å². The zero-order valence-electron chi connectivity index (χ0n) is 15.5. The Morgan fingerprint density at radius 3 is 2.56 bits per heavy atom. The largest absolute Gasteiger partial charge is 0.381 e. The number of likely N-dealkylation sites (tertiary alicyclic amines) is 1. The first-order valence-corrected chi connectivity index (χ1v) is 10.5. The van der Waals surface area contributed by atoms with Crippen LogP contribution >= 0.6 is 11.6 Å². The Balaban J connectivity index is 1.53. The van der Waals surface area contributed by atoms with Crippen molar-refractivity contribution in [1.82, 2.24) is 9.80 Å². The molecule has 140 valence electrons. The number of hydrogen-bond donors (Lipinski definition) is 0. The van der Waals surface area contributed by atoms with Crippen LogP contribution in [0.15, 0.2) is 24.3 Å². The van der Waals surface area contributed by atoms with Crippen LogP contribution in [0.4, 0.5) is 0 Å². The lowest BCUT2D eigenvalue weighted by molar-refractivity contribution is 0.0295. The highest BCUT2D eigenvalue weighted by Crippen LogP contribution is 2.20. The minimum Gasteiger partial charge on any atom is -0.381 e. The summed E-state index contributed by atoms with van der Waals surface area (Å²) in [5, 5.41) is 0.842. The molecule has 2 aliphatic heterocycles. The molecule has 2 heterocycles. The molecular weight excluding hydrogens is 332 g/mol. The van der Waals surface area contributed by atoms with Crippen molar-refractivity contribution in [2.24, 2.45) is 0 Å². The monoisotopic (exact) mass is 364 g/mol. The van der Waals surface area contributed by atoms with Crippen LogP contribution in [0.1, 0.15) is 50.5 Å². The van der Waals surface area contributed by atoms with Gasteiger partial charge in [0.25, 0.3) is 0 Å². The molecule has 0 N–H and O–H groups in total. The molecule has 1 aromatic carbocycles. The smallest absolute Gasteiger partial charge is 0.0480 e. The van der Waals surface area contributed by atoms with Crippen molar-refractivity contribution in [3.8, 4) is 0 Å². The SMILES string of the molecule is Clc1cccc(CN(CCCN2CCCCCC2)C2CCOCC2)c1. The fourth-order valence-electron chi connectivity index (χ4n) is 4.17. The summed E-state index contributed by atoms with van der Waals surface area (Å²) in [4.78, 5) is 5.35. The van der Waals surface area contributed by atoms with Gasteiger partial charge in [-0.3, -0.25) is 4.90 Å². The molecule has 0 bridgehead atoms. The summed E-state index contributed by atoms with van der Waals surface area (Å²) >= 11 is 6.19. The number of rotatable bonds is 7. The van der Waals surface area contributed by atoms with E-state index in [0.29, 0.717) is 6.04 Å². The highest BCUT2D eigenvalue weighted by Gasteiger charge is 2.22. The molecular formula is C21H33ClN2O. The summed E-state index contributed by atoms with van der Waals surface area (Å²) in [6.45, 7) is 7.83. The topological polar surface area (TPSA) is 15.7 Å². The first-order chi connectivity index (χ1) is 12.3. The summed E-state index contributed by atoms with van der Waals surface area (Å²) in [6.07, 6.45) is 9.17. The van der Waals surface area contributed by atoms with Gasteiger partial charge in [-0.1, -0.05) is 36.6 Å². The van der Waals surface area contributed by atoms with Crippen LogP contribution in [0.25, 0.3) is 0 Å². The normalized spacial score (nSPS) is 20.7. The molecule has 25 heavy (non-hydrogen) atoms. The van der Waals surface area contributed by atoms with Crippen LogP contribution in [0, 0.1) is 0 Å². The van der Waals surface area contributed by atoms with E-state index in [9.17, 15) is 0 Å². The number of hydrogen-bond acceptors (Lipinski definition) is 3. The Hall–Kier alpha value is -0.610. The molecule has 0 aliphatic carbocycles. The molecule has 1 aromatic rings. The molecule has 3 rings (SSSR count). The summed E-state index contributed by atoms with van der Waals surface area (Å²) in [7, 11) is 0. The van der Waals surface area contributed by atoms with Crippen molar-refractivity contribution >= 4 is 11.6 Å². The molecule has 0 spiro atoms. The minimum atomic E-state index is 0.650. The van der Waals surface area contributed by atoms with Crippen molar-refractivity contribution in [1.29, 1.82) is 0 Å². The molecule has 0 radical (unpaired) electrons. The highest BCUT2D eigenvalue weighted by atomic mass is 35.5. The quantitative estimate of drug-likeness (QED) is 0.703. The molecule has 0 saturated carbocycles. The predicted octanol–water partition coefficient (Wildman–Crippen LogP) is 4.59. The van der Waals surface area contributed by atoms with E-state index >= 15 is 0 Å². The molecule has 0 amide bonds. The van der Waals surface area contributed by atoms with Crippen molar-refractivity contribution in [2.45, 2.75) is 57.5 Å². The van der Waals surface area contributed by atoms with E-state index in [1.807, 2.05) is 6.07 Å². The van der Waals surface area contributed by atoms with Gasteiger partial charge in [0.2, 0.25) is 0 Å². The fourth-order valence-corrected chi connectivity index (χ4v) is 4.38. The molecule has 4 heteroatoms. The maximum absolute atomic E-state index is 6.19. The summed E-state index contributed by atoms with van der Waals surface area (Å²) in [6, 6.07) is 8.99. The summed E-state index contributed by atoms with van der Waals surface area (Å²) in [5.41, 5.74) is 1.33. The van der Waals surface area contributed by atoms with E-state index in [1.165, 1.54) is 63.8 Å². The van der Waals surface area contributed by atoms with Gasteiger partial charge < -0.3 is 9.64 Å². The third kappa shape index (κ3) is 6.56. The second-order valence-electron chi connectivity index (χ2n) is 7.55. The summed E-state index contributed by atoms with van der Waals surface area (Å²) in [5.74, 6) is 0. The van der Waals surface area contributed by atoms with Gasteiger partial charge in [-0.15, -0.1) is 0 Å². The number of benzene rings is 1. The Morgan fingerprint density at radius 2 is 1.84 bits per heavy atom. The van der Waals surface area contributed by atoms with E-state index in [4.69, 9.17) is 16.3 Å². The van der Waals surface area contributed by atoms with Crippen LogP contribution in [0.3, 0.4) is 0 Å². The molecule has 2 fully saturated rings. The number of ether oxygens (including phenoxy) is 1. The van der Waals surface area contributed by atoms with Crippen molar-refractivity contribution < 1.29 is 4.74 Å². The third-order valence-electron chi connectivity index (χ3n) is 5.60. The number of halogens is 1. The van der Waals surface area contributed by atoms with E-state index in [-0.39, 0.29) is 0 Å². The van der Waals surface area contributed by atoms with Crippen LogP contribution < -0.4 is 0 Å². The maximum atomic E-state index is 6.19. The predicted molar refractivity (Wildman–Crippen MR) is 105 cm³/mol. The first kappa shape index (κ1) is 19.2. The Kier molecular flexibility index (Phi) is 8.06. The second kappa shape index (κ2) is 10.5. The lowest BCUT2D eigenvalue weighted by atomic mass is 10.1. The molecule has 0 atom stereocenters. The van der Waals surface area contributed by atoms with Gasteiger partial charge in [0, 0.05) is 30.8 Å². The first-order valence-electron chi connectivity index (χ1n) is 10.1. The van der Waals surface area contributed by atoms with Crippen molar-refractivity contribution in [3.63, 3.8) is 0 Å². The molecule has 2 saturated heterocycles. The maximum Gasteiger partial charge on any atom is 0.0480 e. The Morgan fingerprint density at radius 1 is 1.08 bits per heavy atom. The summed E-state index contributed by atoms with van der Waals surface area (Å²) < 4.78 is 5.58. The van der Waals surface area contributed by atoms with Gasteiger partial charge in [-0.25, -0.2) is 0 Å². The standard InChI is InChI=1S/C21H33ClN2O/c22-20-8-5-7-19(17-20)18-24(21-9-15-25-16-10-21)14-6-13-23-11-3-1-2-4-12-23/h5,7-8,17,21H,1-4,6,9-16,18H2. The zero-order valence-corrected chi connectivity index (χ0v) is 16.2. The van der Waals surface area contributed by atoms with Crippen molar-refractivity contribution in [2.75, 3.05) is 39.4 Å². The fraction of sp³-hybridized carbons (Fsp3) is 0.714. The van der Waals surface area contributed by atoms with Gasteiger partial charge in [-0.05, 0) is 76.0 Å². The van der Waals surface area contributed by atoms with Gasteiger partial charge in [0.05, 0.1) is 0 Å².